The minimum atomic E-state index is -0.498. The number of ether oxygens (including phenoxy) is 19. The summed E-state index contributed by atoms with van der Waals surface area (Å²) in [7, 11) is 3.30. The summed E-state index contributed by atoms with van der Waals surface area (Å²) in [6.45, 7) is 41.3. The summed E-state index contributed by atoms with van der Waals surface area (Å²) in [4.78, 5) is 23.4. The highest BCUT2D eigenvalue weighted by atomic mass is 17.0. The number of aliphatic hydroxyl groups excluding tert-OH is 9. The largest absolute Gasteiger partial charge is 0.496 e. The number of unbranched alkanes of at least 4 members (excludes halogenated alkanes) is 10. The molecule has 0 aromatic carbocycles. The smallest absolute Gasteiger partial charge is 0.115 e. The molecule has 1 fully saturated rings. The van der Waals surface area contributed by atoms with Gasteiger partial charge in [0.2, 0.25) is 0 Å². The average Bonchev–Trinajstić information content (AvgIpc) is 1.69. The van der Waals surface area contributed by atoms with Crippen LogP contribution < -0.4 is 22.9 Å². The lowest BCUT2D eigenvalue weighted by molar-refractivity contribution is -0.433. The van der Waals surface area contributed by atoms with Gasteiger partial charge in [-0.25, -0.2) is 0 Å². The second-order valence-corrected chi connectivity index (χ2v) is 31.6. The van der Waals surface area contributed by atoms with Crippen molar-refractivity contribution in [3.8, 4) is 0 Å². The summed E-state index contributed by atoms with van der Waals surface area (Å²) in [5.74, 6) is 1.30. The van der Waals surface area contributed by atoms with Crippen LogP contribution in [0.25, 0.3) is 0 Å². The third-order valence-corrected chi connectivity index (χ3v) is 16.9. The molecule has 0 aromatic rings. The Kier molecular flexibility index (Phi) is 108. The number of methoxy groups -OCH3 is 2. The molecule has 1 aliphatic heterocycles. The Hall–Kier alpha value is -2.20. The lowest BCUT2D eigenvalue weighted by atomic mass is 9.88. The van der Waals surface area contributed by atoms with Gasteiger partial charge in [0.25, 0.3) is 0 Å². The first kappa shape index (κ1) is 133. The Morgan fingerprint density at radius 2 is 0.732 bits per heavy atom. The van der Waals surface area contributed by atoms with E-state index in [4.69, 9.17) is 168 Å². The van der Waals surface area contributed by atoms with Crippen LogP contribution in [-0.4, -0.2) is 420 Å². The molecule has 0 amide bonds. The Morgan fingerprint density at radius 3 is 1.12 bits per heavy atom. The molecule has 127 heavy (non-hydrogen) atoms. The normalized spacial score (nSPS) is 16.8. The maximum Gasteiger partial charge on any atom is 0.115 e. The van der Waals surface area contributed by atoms with E-state index in [9.17, 15) is 10.2 Å². The molecule has 0 saturated carbocycles. The van der Waals surface area contributed by atoms with Gasteiger partial charge in [-0.3, -0.25) is 19.4 Å². The molecule has 17 N–H and O–H groups in total. The van der Waals surface area contributed by atoms with Crippen LogP contribution >= 0.6 is 0 Å². The standard InChI is InChI=1S/C32H60O9.C22H48N2O12.C16H36N2O3.C7H16O4.2C6H15NO2/c1-3-4-5-6-7-8-9-10-11-12-13-14-15-16-17-28(2)37-25-24-36-26-29(38-21-18-33)32-31(40-23-20-35)30(27-41-32)39-22-19-34;1-19(15-29-11-7-25)33-23(34-20(2)16-30-12-8-26)5-6-24(35-21(3)17-31-13-9-27)36-22(4)18-32-14-10-28;1-6-16(10-19-7-13(2)3,11-20-8-14(4)17)12-21-9-15(5)18;1-7(11-5-3-9)6-10-4-2-8;2*1-6(7)5-9-4-3-8-2/h10-11,29-35H,2-9,12-27H2,1H3;19-22,25-28H,5-18H2,1-4H3;13-15H,6-12,17-18H2,1-5H3;7-9H,2-6H2,1H3;2*6H,3-5,7H2,1-2H3/b11-10+;;;;;/t29?,30-,31+,32-;;;;;/m1...../s1. The number of aliphatic hydroxyl groups is 9. The zero-order valence-electron chi connectivity index (χ0n) is 81.5. The zero-order valence-corrected chi connectivity index (χ0v) is 81.5. The van der Waals surface area contributed by atoms with Crippen molar-refractivity contribution in [3.05, 3.63) is 24.5 Å². The lowest BCUT2D eigenvalue weighted by Gasteiger charge is -2.33. The quantitative estimate of drug-likeness (QED) is 0.0168. The van der Waals surface area contributed by atoms with Gasteiger partial charge in [-0.2, -0.15) is 0 Å². The van der Waals surface area contributed by atoms with E-state index in [1.807, 2.05) is 34.6 Å². The van der Waals surface area contributed by atoms with Gasteiger partial charge < -0.3 is 159 Å². The van der Waals surface area contributed by atoms with Gasteiger partial charge in [0.15, 0.2) is 0 Å². The third-order valence-electron chi connectivity index (χ3n) is 16.9. The fourth-order valence-corrected chi connectivity index (χ4v) is 10.7. The summed E-state index contributed by atoms with van der Waals surface area (Å²) in [6.07, 6.45) is 18.3. The van der Waals surface area contributed by atoms with Crippen LogP contribution in [0, 0.1) is 11.3 Å². The van der Waals surface area contributed by atoms with Gasteiger partial charge in [0.1, 0.15) is 55.4 Å². The summed E-state index contributed by atoms with van der Waals surface area (Å²) < 4.78 is 103. The van der Waals surface area contributed by atoms with E-state index in [0.717, 1.165) is 31.6 Å². The number of hydroxylamine groups is 4. The molecule has 1 aliphatic rings. The molecule has 38 heteroatoms. The van der Waals surface area contributed by atoms with Crippen LogP contribution in [0.4, 0.5) is 0 Å². The van der Waals surface area contributed by atoms with E-state index in [1.54, 1.807) is 41.9 Å². The molecule has 0 aliphatic carbocycles. The van der Waals surface area contributed by atoms with E-state index in [2.05, 4.69) is 46.4 Å². The molecule has 10 unspecified atom stereocenters. The highest BCUT2D eigenvalue weighted by Crippen LogP contribution is 2.27. The Bertz CT molecular complexity index is 2040. The molecular weight excluding hydrogens is 1660 g/mol. The Morgan fingerprint density at radius 1 is 0.386 bits per heavy atom. The minimum Gasteiger partial charge on any atom is -0.496 e. The topological polar surface area (TPSA) is 505 Å². The van der Waals surface area contributed by atoms with Crippen LogP contribution in [0.15, 0.2) is 24.5 Å². The van der Waals surface area contributed by atoms with Crippen molar-refractivity contribution in [2.75, 3.05) is 285 Å². The molecule has 13 atom stereocenters. The van der Waals surface area contributed by atoms with Crippen molar-refractivity contribution in [2.45, 2.75) is 259 Å². The van der Waals surface area contributed by atoms with Gasteiger partial charge >= 0.3 is 0 Å². The van der Waals surface area contributed by atoms with Crippen molar-refractivity contribution in [3.63, 3.8) is 0 Å². The zero-order chi connectivity index (χ0) is 95.9. The van der Waals surface area contributed by atoms with Crippen molar-refractivity contribution < 1.29 is 155 Å². The first-order valence-electron chi connectivity index (χ1n) is 46.3. The van der Waals surface area contributed by atoms with E-state index >= 15 is 0 Å². The van der Waals surface area contributed by atoms with Crippen molar-refractivity contribution >= 4 is 0 Å². The Balaban J connectivity index is -0.000000517. The number of nitrogens with two attached hydrogens (primary N) is 4. The molecule has 768 valence electrons. The molecule has 0 radical (unpaired) electrons. The Labute approximate surface area is 765 Å². The first-order valence-corrected chi connectivity index (χ1v) is 46.3. The highest BCUT2D eigenvalue weighted by Gasteiger charge is 2.44. The molecule has 38 nitrogen and oxygen atoms in total. The van der Waals surface area contributed by atoms with E-state index in [1.165, 1.54) is 81.1 Å². The first-order chi connectivity index (χ1) is 61.2. The van der Waals surface area contributed by atoms with E-state index in [0.29, 0.717) is 112 Å². The molecular formula is C89H190N6O32. The number of rotatable bonds is 87. The van der Waals surface area contributed by atoms with Gasteiger partial charge in [0.05, 0.1) is 269 Å². The van der Waals surface area contributed by atoms with Gasteiger partial charge in [-0.05, 0) is 107 Å². The molecule has 0 aromatic heterocycles. The predicted molar refractivity (Wildman–Crippen MR) is 489 cm³/mol. The SMILES string of the molecule is C=C(CCCCCC/C=C/CCCCCCCC)OCCOCC(OCCO)[C@H]1OC[C@@H](OCCO)[C@@H]1OCCO.CC(COCCO)OCCO.CC(COCCO)ON(CCN(OC(C)COCCO)OC(C)COCCO)OC(C)COCCO.CCC(COCC(C)C)(COCC(C)N)COCC(C)N.COCCOCC(C)N.COCCOCC(C)N. The van der Waals surface area contributed by atoms with Gasteiger partial charge in [-0.15, -0.1) is 0 Å². The monoisotopic (exact) mass is 1860 g/mol. The van der Waals surface area contributed by atoms with Crippen molar-refractivity contribution in [1.82, 2.24) is 10.5 Å². The van der Waals surface area contributed by atoms with Gasteiger partial charge in [-0.1, -0.05) is 102 Å². The second-order valence-electron chi connectivity index (χ2n) is 31.6. The molecule has 1 heterocycles. The highest BCUT2D eigenvalue weighted by molar-refractivity contribution is 4.92. The lowest BCUT2D eigenvalue weighted by Crippen LogP contribution is -2.45. The number of allylic oxidation sites excluding steroid dienone is 3. The van der Waals surface area contributed by atoms with Crippen LogP contribution in [0.5, 0.6) is 0 Å². The maximum absolute atomic E-state index is 9.25. The number of hydrogen-bond acceptors (Lipinski definition) is 38. The maximum atomic E-state index is 9.25. The number of hydrogen-bond donors (Lipinski definition) is 13. The van der Waals surface area contributed by atoms with Crippen molar-refractivity contribution in [2.24, 2.45) is 34.3 Å². The van der Waals surface area contributed by atoms with E-state index in [-0.39, 0.29) is 219 Å². The molecule has 0 spiro atoms. The van der Waals surface area contributed by atoms with Crippen LogP contribution in [0.2, 0.25) is 0 Å². The summed E-state index contributed by atoms with van der Waals surface area (Å²) in [6, 6.07) is 0.339. The fourth-order valence-electron chi connectivity index (χ4n) is 10.7. The van der Waals surface area contributed by atoms with Crippen LogP contribution in [-0.2, 0) is 109 Å². The van der Waals surface area contributed by atoms with Crippen LogP contribution in [0.3, 0.4) is 0 Å². The summed E-state index contributed by atoms with van der Waals surface area (Å²) in [5, 5.41) is 82.5. The minimum absolute atomic E-state index is 0.0197. The summed E-state index contributed by atoms with van der Waals surface area (Å²) in [5.41, 5.74) is 22.2. The van der Waals surface area contributed by atoms with E-state index < -0.39 is 24.4 Å². The van der Waals surface area contributed by atoms with Gasteiger partial charge in [0, 0.05) is 56.8 Å². The average molecular weight is 1860 g/mol. The van der Waals surface area contributed by atoms with Crippen molar-refractivity contribution in [1.29, 1.82) is 0 Å². The third kappa shape index (κ3) is 98.1. The number of nitrogens with zero attached hydrogens (tertiary/aromatic N) is 2. The predicted octanol–water partition coefficient (Wildman–Crippen LogP) is 4.79. The summed E-state index contributed by atoms with van der Waals surface area (Å²) >= 11 is 0. The second kappa shape index (κ2) is 103. The molecule has 0 bridgehead atoms. The fraction of sp³-hybridized carbons (Fsp3) is 0.955. The van der Waals surface area contributed by atoms with Crippen LogP contribution in [0.1, 0.15) is 180 Å². The molecule has 1 saturated heterocycles. The molecule has 1 rings (SSSR count).